The number of ketones is 1. The van der Waals surface area contributed by atoms with Crippen molar-refractivity contribution in [2.75, 3.05) is 20.3 Å². The van der Waals surface area contributed by atoms with Crippen molar-refractivity contribution in [3.05, 3.63) is 64.2 Å². The molecule has 2 aliphatic rings. The molecule has 2 fully saturated rings. The SMILES string of the molecule is COc1cc([C@H]2C(=C(O)c3ccc(Cl)cc3)C(=O)C(=O)N2C[C@H]2CCCO2)ccc1O. The molecule has 8 heteroatoms. The number of methoxy groups -OCH3 is 1. The molecule has 7 nitrogen and oxygen atoms in total. The summed E-state index contributed by atoms with van der Waals surface area (Å²) in [7, 11) is 1.41. The molecule has 2 aliphatic heterocycles. The number of phenols is 1. The number of phenolic OH excluding ortho intramolecular Hbond substituents is 1. The average molecular weight is 444 g/mol. The van der Waals surface area contributed by atoms with Crippen LogP contribution in [0.2, 0.25) is 5.02 Å². The van der Waals surface area contributed by atoms with Gasteiger partial charge in [-0.2, -0.15) is 0 Å². The van der Waals surface area contributed by atoms with Crippen LogP contribution in [0.4, 0.5) is 0 Å². The fraction of sp³-hybridized carbons (Fsp3) is 0.304. The van der Waals surface area contributed by atoms with E-state index in [4.69, 9.17) is 21.1 Å². The second-order valence-corrected chi connectivity index (χ2v) is 7.96. The van der Waals surface area contributed by atoms with Crippen molar-refractivity contribution in [2.24, 2.45) is 0 Å². The number of hydrogen-bond donors (Lipinski definition) is 2. The molecule has 0 bridgehead atoms. The van der Waals surface area contributed by atoms with Gasteiger partial charge in [-0.15, -0.1) is 0 Å². The van der Waals surface area contributed by atoms with Crippen LogP contribution in [-0.4, -0.2) is 53.2 Å². The zero-order valence-electron chi connectivity index (χ0n) is 16.9. The van der Waals surface area contributed by atoms with Crippen molar-refractivity contribution < 1.29 is 29.3 Å². The molecule has 2 aromatic carbocycles. The zero-order valence-corrected chi connectivity index (χ0v) is 17.6. The van der Waals surface area contributed by atoms with Gasteiger partial charge in [-0.1, -0.05) is 17.7 Å². The summed E-state index contributed by atoms with van der Waals surface area (Å²) in [5, 5.41) is 21.5. The van der Waals surface area contributed by atoms with Gasteiger partial charge in [0.15, 0.2) is 11.5 Å². The normalized spacial score (nSPS) is 22.8. The number of ether oxygens (including phenoxy) is 2. The van der Waals surface area contributed by atoms with E-state index in [9.17, 15) is 19.8 Å². The van der Waals surface area contributed by atoms with E-state index in [1.54, 1.807) is 36.4 Å². The van der Waals surface area contributed by atoms with Crippen molar-refractivity contribution in [3.8, 4) is 11.5 Å². The number of benzene rings is 2. The molecule has 4 rings (SSSR count). The highest BCUT2D eigenvalue weighted by molar-refractivity contribution is 6.46. The summed E-state index contributed by atoms with van der Waals surface area (Å²) in [6.45, 7) is 0.826. The van der Waals surface area contributed by atoms with Crippen LogP contribution in [0.15, 0.2) is 48.0 Å². The molecule has 2 aromatic rings. The highest BCUT2D eigenvalue weighted by atomic mass is 35.5. The molecule has 162 valence electrons. The molecule has 1 amide bonds. The van der Waals surface area contributed by atoms with Crippen molar-refractivity contribution in [2.45, 2.75) is 25.0 Å². The molecule has 31 heavy (non-hydrogen) atoms. The van der Waals surface area contributed by atoms with E-state index in [0.717, 1.165) is 12.8 Å². The summed E-state index contributed by atoms with van der Waals surface area (Å²) in [4.78, 5) is 27.4. The van der Waals surface area contributed by atoms with Crippen LogP contribution in [0.1, 0.15) is 30.0 Å². The molecule has 0 unspecified atom stereocenters. The third-order valence-electron chi connectivity index (χ3n) is 5.60. The van der Waals surface area contributed by atoms with Gasteiger partial charge >= 0.3 is 0 Å². The van der Waals surface area contributed by atoms with Gasteiger partial charge < -0.3 is 24.6 Å². The quantitative estimate of drug-likeness (QED) is 0.416. The summed E-state index contributed by atoms with van der Waals surface area (Å²) < 4.78 is 10.9. The molecular formula is C23H22ClNO6. The number of nitrogens with zero attached hydrogens (tertiary/aromatic N) is 1. The maximum Gasteiger partial charge on any atom is 0.295 e. The molecular weight excluding hydrogens is 422 g/mol. The van der Waals surface area contributed by atoms with Crippen molar-refractivity contribution in [3.63, 3.8) is 0 Å². The number of aliphatic hydroxyl groups is 1. The first kappa shape index (κ1) is 21.2. The van der Waals surface area contributed by atoms with Crippen LogP contribution in [0.5, 0.6) is 11.5 Å². The van der Waals surface area contributed by atoms with Gasteiger partial charge in [0.2, 0.25) is 0 Å². The number of carbonyl (C=O) groups excluding carboxylic acids is 2. The van der Waals surface area contributed by atoms with Crippen molar-refractivity contribution in [1.82, 2.24) is 4.90 Å². The summed E-state index contributed by atoms with van der Waals surface area (Å²) in [5.74, 6) is -1.64. The monoisotopic (exact) mass is 443 g/mol. The lowest BCUT2D eigenvalue weighted by Gasteiger charge is -2.27. The first-order valence-corrected chi connectivity index (χ1v) is 10.3. The van der Waals surface area contributed by atoms with Crippen LogP contribution in [-0.2, 0) is 14.3 Å². The van der Waals surface area contributed by atoms with Crippen LogP contribution >= 0.6 is 11.6 Å². The second kappa shape index (κ2) is 8.61. The molecule has 0 radical (unpaired) electrons. The topological polar surface area (TPSA) is 96.3 Å². The van der Waals surface area contributed by atoms with Gasteiger partial charge in [0.05, 0.1) is 24.8 Å². The fourth-order valence-corrected chi connectivity index (χ4v) is 4.18. The van der Waals surface area contributed by atoms with Crippen molar-refractivity contribution in [1.29, 1.82) is 0 Å². The average Bonchev–Trinajstić information content (AvgIpc) is 3.37. The minimum atomic E-state index is -0.852. The Morgan fingerprint density at radius 3 is 2.61 bits per heavy atom. The van der Waals surface area contributed by atoms with E-state index < -0.39 is 17.7 Å². The maximum atomic E-state index is 13.0. The predicted molar refractivity (Wildman–Crippen MR) is 114 cm³/mol. The van der Waals surface area contributed by atoms with E-state index in [1.807, 2.05) is 0 Å². The molecule has 2 N–H and O–H groups in total. The molecule has 0 spiro atoms. The van der Waals surface area contributed by atoms with E-state index in [2.05, 4.69) is 0 Å². The Labute approximate surface area is 184 Å². The second-order valence-electron chi connectivity index (χ2n) is 7.52. The molecule has 0 saturated carbocycles. The summed E-state index contributed by atoms with van der Waals surface area (Å²) in [6, 6.07) is 10.1. The smallest absolute Gasteiger partial charge is 0.295 e. The van der Waals surface area contributed by atoms with Gasteiger partial charge in [-0.3, -0.25) is 9.59 Å². The maximum absolute atomic E-state index is 13.0. The number of halogens is 1. The van der Waals surface area contributed by atoms with E-state index in [-0.39, 0.29) is 35.5 Å². The first-order valence-electron chi connectivity index (χ1n) is 9.93. The van der Waals surface area contributed by atoms with E-state index in [1.165, 1.54) is 18.1 Å². The number of hydrogen-bond acceptors (Lipinski definition) is 6. The number of rotatable bonds is 5. The number of aliphatic hydroxyl groups excluding tert-OH is 1. The van der Waals surface area contributed by atoms with Crippen molar-refractivity contribution >= 4 is 29.1 Å². The summed E-state index contributed by atoms with van der Waals surface area (Å²) in [6.07, 6.45) is 1.48. The predicted octanol–water partition coefficient (Wildman–Crippen LogP) is 3.65. The van der Waals surface area contributed by atoms with Gasteiger partial charge in [0.1, 0.15) is 5.76 Å². The van der Waals surface area contributed by atoms with Gasteiger partial charge in [-0.05, 0) is 54.8 Å². The number of aromatic hydroxyl groups is 1. The van der Waals surface area contributed by atoms with Gasteiger partial charge in [0, 0.05) is 23.7 Å². The minimum Gasteiger partial charge on any atom is -0.507 e. The Hall–Kier alpha value is -3.03. The van der Waals surface area contributed by atoms with Crippen LogP contribution in [0.25, 0.3) is 5.76 Å². The highest BCUT2D eigenvalue weighted by Crippen LogP contribution is 2.42. The Morgan fingerprint density at radius 2 is 1.97 bits per heavy atom. The van der Waals surface area contributed by atoms with Crippen LogP contribution in [0.3, 0.4) is 0 Å². The standard InChI is InChI=1S/C23H22ClNO6/c1-30-18-11-14(6-9-17(18)26)20-19(21(27)13-4-7-15(24)8-5-13)22(28)23(29)25(20)12-16-3-2-10-31-16/h4-9,11,16,20,26-27H,2-3,10,12H2,1H3/t16-,20+/m1/s1. The van der Waals surface area contributed by atoms with Crippen LogP contribution < -0.4 is 4.74 Å². The Kier molecular flexibility index (Phi) is 5.89. The van der Waals surface area contributed by atoms with E-state index >= 15 is 0 Å². The number of carbonyl (C=O) groups is 2. The molecule has 2 saturated heterocycles. The van der Waals surface area contributed by atoms with Gasteiger partial charge in [0.25, 0.3) is 11.7 Å². The molecule has 0 aromatic heterocycles. The summed E-state index contributed by atoms with van der Waals surface area (Å²) in [5.41, 5.74) is 0.871. The lowest BCUT2D eigenvalue weighted by molar-refractivity contribution is -0.140. The lowest BCUT2D eigenvalue weighted by Crippen LogP contribution is -2.36. The van der Waals surface area contributed by atoms with E-state index in [0.29, 0.717) is 22.8 Å². The van der Waals surface area contributed by atoms with Crippen LogP contribution in [0, 0.1) is 0 Å². The Bertz CT molecular complexity index is 1040. The minimum absolute atomic E-state index is 0.0296. The molecule has 0 aliphatic carbocycles. The Morgan fingerprint density at radius 1 is 1.23 bits per heavy atom. The zero-order chi connectivity index (χ0) is 22.1. The third kappa shape index (κ3) is 3.98. The Balaban J connectivity index is 1.85. The largest absolute Gasteiger partial charge is 0.507 e. The first-order chi connectivity index (χ1) is 14.9. The molecule has 2 heterocycles. The lowest BCUT2D eigenvalue weighted by atomic mass is 9.95. The molecule has 2 atom stereocenters. The number of likely N-dealkylation sites (tertiary alicyclic amines) is 1. The fourth-order valence-electron chi connectivity index (χ4n) is 4.05. The third-order valence-corrected chi connectivity index (χ3v) is 5.85. The number of amides is 1. The number of Topliss-reactive ketones (excluding diaryl/α,β-unsaturated/α-hetero) is 1. The van der Waals surface area contributed by atoms with Gasteiger partial charge in [-0.25, -0.2) is 0 Å². The highest BCUT2D eigenvalue weighted by Gasteiger charge is 2.47. The summed E-state index contributed by atoms with van der Waals surface area (Å²) >= 11 is 5.94.